The van der Waals surface area contributed by atoms with E-state index in [9.17, 15) is 28.4 Å². The number of hydrogen-bond donors (Lipinski definition) is 2. The minimum atomic E-state index is -4.43. The molecule has 2 heterocycles. The monoisotopic (exact) mass is 553 g/mol. The largest absolute Gasteiger partial charge is 0.416 e. The molecule has 8 nitrogen and oxygen atoms in total. The van der Waals surface area contributed by atoms with Crippen LogP contribution >= 0.6 is 0 Å². The highest BCUT2D eigenvalue weighted by molar-refractivity contribution is 5.81. The van der Waals surface area contributed by atoms with E-state index in [-0.39, 0.29) is 11.3 Å². The Labute approximate surface area is 229 Å². The summed E-state index contributed by atoms with van der Waals surface area (Å²) < 4.78 is 42.2. The van der Waals surface area contributed by atoms with Crippen molar-refractivity contribution in [2.75, 3.05) is 25.0 Å². The average molecular weight is 554 g/mol. The third-order valence-electron chi connectivity index (χ3n) is 7.71. The van der Waals surface area contributed by atoms with E-state index in [0.717, 1.165) is 35.6 Å². The Hall–Kier alpha value is -3.96. The zero-order valence-corrected chi connectivity index (χ0v) is 22.0. The molecule has 1 aliphatic heterocycles. The standard InChI is InChI=1S/C29H30F3N5O3/c1-35-27(24-7-2-3-8-25(24)34-35)16-36-12-11-28(19-36,15-20-5-4-6-22(13-20)29(30,31)32)18-33-23-10-9-21(17-38)26(14-23)37(39)40/h2-10,13-14,33,38H,11-12,15-19H2,1H3. The van der Waals surface area contributed by atoms with Crippen LogP contribution in [-0.2, 0) is 32.8 Å². The first kappa shape index (κ1) is 27.6. The third kappa shape index (κ3) is 5.80. The lowest BCUT2D eigenvalue weighted by molar-refractivity contribution is -0.385. The second kappa shape index (κ2) is 10.9. The van der Waals surface area contributed by atoms with Crippen molar-refractivity contribution in [2.24, 2.45) is 12.5 Å². The van der Waals surface area contributed by atoms with E-state index in [1.165, 1.54) is 24.3 Å². The van der Waals surface area contributed by atoms with E-state index in [4.69, 9.17) is 0 Å². The van der Waals surface area contributed by atoms with E-state index in [2.05, 4.69) is 15.3 Å². The molecule has 40 heavy (non-hydrogen) atoms. The summed E-state index contributed by atoms with van der Waals surface area (Å²) in [4.78, 5) is 13.2. The number of aryl methyl sites for hydroxylation is 1. The first-order valence-corrected chi connectivity index (χ1v) is 13.0. The zero-order chi connectivity index (χ0) is 28.5. The van der Waals surface area contributed by atoms with Crippen molar-refractivity contribution >= 4 is 22.3 Å². The van der Waals surface area contributed by atoms with Gasteiger partial charge in [0.15, 0.2) is 0 Å². The topological polar surface area (TPSA) is 96.5 Å². The number of anilines is 1. The summed E-state index contributed by atoms with van der Waals surface area (Å²) in [6, 6.07) is 17.9. The molecule has 3 aromatic carbocycles. The summed E-state index contributed by atoms with van der Waals surface area (Å²) in [6.45, 7) is 1.95. The molecule has 1 fully saturated rings. The lowest BCUT2D eigenvalue weighted by Crippen LogP contribution is -2.36. The van der Waals surface area contributed by atoms with Gasteiger partial charge in [-0.15, -0.1) is 0 Å². The molecule has 1 aromatic heterocycles. The summed E-state index contributed by atoms with van der Waals surface area (Å²) in [7, 11) is 1.91. The average Bonchev–Trinajstić information content (AvgIpc) is 3.47. The van der Waals surface area contributed by atoms with Crippen LogP contribution in [0.2, 0.25) is 0 Å². The van der Waals surface area contributed by atoms with Gasteiger partial charge in [-0.25, -0.2) is 0 Å². The van der Waals surface area contributed by atoms with Gasteiger partial charge < -0.3 is 10.4 Å². The molecule has 0 amide bonds. The fraction of sp³-hybridized carbons (Fsp3) is 0.345. The van der Waals surface area contributed by atoms with Gasteiger partial charge in [0.25, 0.3) is 5.69 Å². The maximum atomic E-state index is 13.4. The molecule has 1 atom stereocenters. The van der Waals surface area contributed by atoms with Gasteiger partial charge in [0, 0.05) is 49.2 Å². The van der Waals surface area contributed by atoms with Crippen molar-refractivity contribution in [3.63, 3.8) is 0 Å². The van der Waals surface area contributed by atoms with Crippen molar-refractivity contribution in [1.82, 2.24) is 14.7 Å². The van der Waals surface area contributed by atoms with Crippen molar-refractivity contribution in [3.05, 3.63) is 99.2 Å². The quantitative estimate of drug-likeness (QED) is 0.209. The van der Waals surface area contributed by atoms with Crippen LogP contribution in [0, 0.1) is 15.5 Å². The highest BCUT2D eigenvalue weighted by Crippen LogP contribution is 2.38. The summed E-state index contributed by atoms with van der Waals surface area (Å²) in [6.07, 6.45) is -3.30. The number of halogens is 3. The van der Waals surface area contributed by atoms with Crippen LogP contribution in [0.25, 0.3) is 10.9 Å². The maximum absolute atomic E-state index is 13.4. The molecule has 1 unspecified atom stereocenters. The smallest absolute Gasteiger partial charge is 0.391 e. The molecule has 0 radical (unpaired) electrons. The van der Waals surface area contributed by atoms with Crippen LogP contribution in [0.3, 0.4) is 0 Å². The Morgan fingerprint density at radius 1 is 1.12 bits per heavy atom. The van der Waals surface area contributed by atoms with Crippen LogP contribution in [-0.4, -0.2) is 44.3 Å². The van der Waals surface area contributed by atoms with Crippen LogP contribution < -0.4 is 5.32 Å². The van der Waals surface area contributed by atoms with Crippen LogP contribution in [0.1, 0.15) is 28.8 Å². The van der Waals surface area contributed by atoms with Crippen molar-refractivity contribution < 1.29 is 23.2 Å². The number of nitro groups is 1. The van der Waals surface area contributed by atoms with Gasteiger partial charge in [-0.1, -0.05) is 36.4 Å². The van der Waals surface area contributed by atoms with E-state index in [0.29, 0.717) is 37.3 Å². The fourth-order valence-electron chi connectivity index (χ4n) is 5.67. The summed E-state index contributed by atoms with van der Waals surface area (Å²) in [5, 5.41) is 29.9. The van der Waals surface area contributed by atoms with Gasteiger partial charge in [-0.05, 0) is 49.2 Å². The summed E-state index contributed by atoms with van der Waals surface area (Å²) in [5.41, 5.74) is 2.00. The van der Waals surface area contributed by atoms with Crippen LogP contribution in [0.5, 0.6) is 0 Å². The van der Waals surface area contributed by atoms with E-state index >= 15 is 0 Å². The minimum Gasteiger partial charge on any atom is -0.391 e. The lowest BCUT2D eigenvalue weighted by Gasteiger charge is -2.31. The number of nitrogens with one attached hydrogen (secondary N) is 1. The first-order chi connectivity index (χ1) is 19.1. The number of aromatic nitrogens is 2. The highest BCUT2D eigenvalue weighted by atomic mass is 19.4. The number of hydrogen-bond acceptors (Lipinski definition) is 6. The number of alkyl halides is 3. The molecular weight excluding hydrogens is 523 g/mol. The number of likely N-dealkylation sites (tertiary alicyclic amines) is 1. The SMILES string of the molecule is Cn1nc2ccccc2c1CN1CCC(CNc2ccc(CO)c([N+](=O)[O-])c2)(Cc2cccc(C(F)(F)F)c2)C1. The molecule has 4 aromatic rings. The lowest BCUT2D eigenvalue weighted by atomic mass is 9.80. The van der Waals surface area contributed by atoms with E-state index in [1.807, 2.05) is 36.0 Å². The van der Waals surface area contributed by atoms with Gasteiger partial charge in [-0.2, -0.15) is 18.3 Å². The Bertz CT molecular complexity index is 1540. The van der Waals surface area contributed by atoms with E-state index in [1.54, 1.807) is 12.1 Å². The van der Waals surface area contributed by atoms with Gasteiger partial charge >= 0.3 is 6.18 Å². The van der Waals surface area contributed by atoms with E-state index < -0.39 is 28.7 Å². The van der Waals surface area contributed by atoms with Crippen molar-refractivity contribution in [2.45, 2.75) is 32.2 Å². The summed E-state index contributed by atoms with van der Waals surface area (Å²) in [5.74, 6) is 0. The second-order valence-corrected chi connectivity index (χ2v) is 10.5. The number of fused-ring (bicyclic) bond motifs is 1. The second-order valence-electron chi connectivity index (χ2n) is 10.5. The predicted molar refractivity (Wildman–Crippen MR) is 146 cm³/mol. The number of benzene rings is 3. The molecule has 1 aliphatic rings. The van der Waals surface area contributed by atoms with Crippen molar-refractivity contribution in [1.29, 1.82) is 0 Å². The number of nitrogens with zero attached hydrogens (tertiary/aromatic N) is 4. The number of aliphatic hydroxyl groups excluding tert-OH is 1. The Morgan fingerprint density at radius 3 is 2.67 bits per heavy atom. The third-order valence-corrected chi connectivity index (χ3v) is 7.71. The Kier molecular flexibility index (Phi) is 7.52. The molecular formula is C29H30F3N5O3. The number of rotatable bonds is 9. The van der Waals surface area contributed by atoms with Gasteiger partial charge in [0.1, 0.15) is 0 Å². The number of nitro benzene ring substituents is 1. The molecule has 0 spiro atoms. The highest BCUT2D eigenvalue weighted by Gasteiger charge is 2.39. The van der Waals surface area contributed by atoms with Crippen molar-refractivity contribution in [3.8, 4) is 0 Å². The normalized spacial score (nSPS) is 17.9. The zero-order valence-electron chi connectivity index (χ0n) is 22.0. The maximum Gasteiger partial charge on any atom is 0.416 e. The molecule has 0 aliphatic carbocycles. The molecule has 0 saturated carbocycles. The Morgan fingerprint density at radius 2 is 1.93 bits per heavy atom. The van der Waals surface area contributed by atoms with Gasteiger partial charge in [-0.3, -0.25) is 19.7 Å². The first-order valence-electron chi connectivity index (χ1n) is 13.0. The Balaban J connectivity index is 1.41. The molecule has 0 bridgehead atoms. The molecule has 11 heteroatoms. The molecule has 210 valence electrons. The molecule has 2 N–H and O–H groups in total. The molecule has 1 saturated heterocycles. The molecule has 5 rings (SSSR count). The number of aliphatic hydroxyl groups is 1. The van der Waals surface area contributed by atoms with Crippen LogP contribution in [0.15, 0.2) is 66.7 Å². The van der Waals surface area contributed by atoms with Gasteiger partial charge in [0.05, 0.1) is 33.9 Å². The minimum absolute atomic E-state index is 0.185. The van der Waals surface area contributed by atoms with Gasteiger partial charge in [0.2, 0.25) is 0 Å². The van der Waals surface area contributed by atoms with Crippen LogP contribution in [0.4, 0.5) is 24.5 Å². The summed E-state index contributed by atoms with van der Waals surface area (Å²) >= 11 is 0. The predicted octanol–water partition coefficient (Wildman–Crippen LogP) is 5.54. The fourth-order valence-corrected chi connectivity index (χ4v) is 5.67.